The van der Waals surface area contributed by atoms with E-state index in [1.54, 1.807) is 24.3 Å². The molecule has 0 spiro atoms. The zero-order valence-electron chi connectivity index (χ0n) is 21.6. The maximum absolute atomic E-state index is 13.5. The maximum atomic E-state index is 13.5. The van der Waals surface area contributed by atoms with Crippen molar-refractivity contribution < 1.29 is 28.7 Å². The molecule has 0 aromatic heterocycles. The lowest BCUT2D eigenvalue weighted by Crippen LogP contribution is -2.52. The standard InChI is InChI=1S/C31H25ClN2O6/c1-19-6-8-22(9-7-19)31(39)40-24-16-12-20(13-17-24)27(35)18-33(28(36)21-10-14-23(32)15-11-21)34-29(37)25-4-2-3-5-26(25)30(34)38/h2-3,6-17,25-26H,4-5,18H2,1H3/t25-,26-/m1/s1. The highest BCUT2D eigenvalue weighted by molar-refractivity contribution is 6.30. The molecule has 3 aromatic rings. The molecule has 1 aliphatic heterocycles. The molecule has 8 nitrogen and oxygen atoms in total. The topological polar surface area (TPSA) is 101 Å². The highest BCUT2D eigenvalue weighted by Gasteiger charge is 2.51. The van der Waals surface area contributed by atoms with E-state index in [4.69, 9.17) is 16.3 Å². The van der Waals surface area contributed by atoms with Crippen LogP contribution in [0.1, 0.15) is 49.5 Å². The van der Waals surface area contributed by atoms with Crippen molar-refractivity contribution in [1.29, 1.82) is 0 Å². The molecular formula is C31H25ClN2O6. The van der Waals surface area contributed by atoms with E-state index in [0.717, 1.165) is 15.6 Å². The number of hydrogen-bond donors (Lipinski definition) is 0. The number of nitrogens with zero attached hydrogens (tertiary/aromatic N) is 2. The van der Waals surface area contributed by atoms with Crippen molar-refractivity contribution >= 4 is 41.1 Å². The number of esters is 1. The Labute approximate surface area is 235 Å². The Bertz CT molecular complexity index is 1490. The van der Waals surface area contributed by atoms with Crippen LogP contribution in [0.4, 0.5) is 0 Å². The molecule has 0 saturated carbocycles. The van der Waals surface area contributed by atoms with Gasteiger partial charge >= 0.3 is 5.97 Å². The van der Waals surface area contributed by atoms with E-state index in [-0.39, 0.29) is 16.9 Å². The van der Waals surface area contributed by atoms with Gasteiger partial charge in [0.2, 0.25) is 0 Å². The van der Waals surface area contributed by atoms with E-state index < -0.39 is 47.9 Å². The number of rotatable bonds is 7. The number of halogens is 1. The number of amides is 3. The van der Waals surface area contributed by atoms with Crippen LogP contribution in [0.2, 0.25) is 5.02 Å². The summed E-state index contributed by atoms with van der Waals surface area (Å²) in [7, 11) is 0. The zero-order chi connectivity index (χ0) is 28.4. The first-order chi connectivity index (χ1) is 19.2. The van der Waals surface area contributed by atoms with Crippen LogP contribution in [0, 0.1) is 18.8 Å². The number of ketones is 1. The second-order valence-corrected chi connectivity index (χ2v) is 10.2. The van der Waals surface area contributed by atoms with E-state index in [2.05, 4.69) is 0 Å². The molecule has 2 aliphatic rings. The van der Waals surface area contributed by atoms with E-state index in [1.807, 2.05) is 19.1 Å². The van der Waals surface area contributed by atoms with E-state index in [0.29, 0.717) is 23.4 Å². The van der Waals surface area contributed by atoms with Crippen LogP contribution in [0.3, 0.4) is 0 Å². The lowest BCUT2D eigenvalue weighted by atomic mass is 9.85. The van der Waals surface area contributed by atoms with Gasteiger partial charge in [-0.2, -0.15) is 5.01 Å². The third-order valence-corrected chi connectivity index (χ3v) is 7.27. The van der Waals surface area contributed by atoms with Crippen LogP contribution >= 0.6 is 11.6 Å². The first kappa shape index (κ1) is 27.0. The molecule has 0 N–H and O–H groups in total. The zero-order valence-corrected chi connectivity index (χ0v) is 22.3. The molecule has 3 aromatic carbocycles. The molecule has 9 heteroatoms. The third kappa shape index (κ3) is 5.44. The summed E-state index contributed by atoms with van der Waals surface area (Å²) in [4.78, 5) is 65.9. The second kappa shape index (κ2) is 11.3. The minimum absolute atomic E-state index is 0.171. The fourth-order valence-electron chi connectivity index (χ4n) is 4.79. The normalized spacial score (nSPS) is 17.9. The molecule has 1 heterocycles. The monoisotopic (exact) mass is 556 g/mol. The number of hydrogen-bond acceptors (Lipinski definition) is 6. The quantitative estimate of drug-likeness (QED) is 0.133. The van der Waals surface area contributed by atoms with Crippen LogP contribution in [-0.2, 0) is 9.59 Å². The molecule has 0 radical (unpaired) electrons. The highest BCUT2D eigenvalue weighted by Crippen LogP contribution is 2.36. The smallest absolute Gasteiger partial charge is 0.343 e. The number of carbonyl (C=O) groups is 5. The van der Waals surface area contributed by atoms with Gasteiger partial charge in [0.25, 0.3) is 17.7 Å². The average molecular weight is 557 g/mol. The minimum Gasteiger partial charge on any atom is -0.423 e. The molecule has 0 unspecified atom stereocenters. The lowest BCUT2D eigenvalue weighted by molar-refractivity contribution is -0.154. The van der Waals surface area contributed by atoms with Gasteiger partial charge in [-0.3, -0.25) is 19.2 Å². The van der Waals surface area contributed by atoms with Crippen LogP contribution in [0.5, 0.6) is 5.75 Å². The summed E-state index contributed by atoms with van der Waals surface area (Å²) in [5, 5.41) is 2.15. The first-order valence-corrected chi connectivity index (χ1v) is 13.1. The lowest BCUT2D eigenvalue weighted by Gasteiger charge is -2.30. The number of imide groups is 1. The summed E-state index contributed by atoms with van der Waals surface area (Å²) in [6, 6.07) is 18.8. The largest absolute Gasteiger partial charge is 0.423 e. The van der Waals surface area contributed by atoms with Gasteiger partial charge in [-0.05, 0) is 80.4 Å². The summed E-state index contributed by atoms with van der Waals surface area (Å²) in [5.74, 6) is -3.65. The Morgan fingerprint density at radius 1 is 0.800 bits per heavy atom. The summed E-state index contributed by atoms with van der Waals surface area (Å²) in [6.45, 7) is 1.36. The van der Waals surface area contributed by atoms with Crippen molar-refractivity contribution in [3.63, 3.8) is 0 Å². The number of fused-ring (bicyclic) bond motifs is 1. The predicted octanol–water partition coefficient (Wildman–Crippen LogP) is 5.06. The van der Waals surface area contributed by atoms with Gasteiger partial charge < -0.3 is 4.74 Å². The van der Waals surface area contributed by atoms with E-state index in [9.17, 15) is 24.0 Å². The number of carbonyl (C=O) groups excluding carboxylic acids is 5. The Balaban J connectivity index is 1.36. The molecule has 202 valence electrons. The van der Waals surface area contributed by atoms with Crippen molar-refractivity contribution in [1.82, 2.24) is 10.0 Å². The fourth-order valence-corrected chi connectivity index (χ4v) is 4.91. The number of hydrazine groups is 1. The molecule has 3 amide bonds. The van der Waals surface area contributed by atoms with Crippen molar-refractivity contribution in [2.45, 2.75) is 19.8 Å². The summed E-state index contributed by atoms with van der Waals surface area (Å²) in [5.41, 5.74) is 1.78. The van der Waals surface area contributed by atoms with Crippen molar-refractivity contribution in [3.8, 4) is 5.75 Å². The number of Topliss-reactive ketones (excluding diaryl/α,β-unsaturated/α-hetero) is 1. The van der Waals surface area contributed by atoms with Gasteiger partial charge in [0.05, 0.1) is 17.4 Å². The van der Waals surface area contributed by atoms with Gasteiger partial charge in [-0.1, -0.05) is 41.4 Å². The van der Waals surface area contributed by atoms with Crippen molar-refractivity contribution in [3.05, 3.63) is 112 Å². The second-order valence-electron chi connectivity index (χ2n) is 9.72. The van der Waals surface area contributed by atoms with E-state index in [1.165, 1.54) is 48.5 Å². The Hall–Kier alpha value is -4.56. The summed E-state index contributed by atoms with van der Waals surface area (Å²) < 4.78 is 5.40. The molecule has 40 heavy (non-hydrogen) atoms. The van der Waals surface area contributed by atoms with Crippen molar-refractivity contribution in [2.24, 2.45) is 11.8 Å². The van der Waals surface area contributed by atoms with Gasteiger partial charge in [0.15, 0.2) is 5.78 Å². The van der Waals surface area contributed by atoms with Gasteiger partial charge in [-0.25, -0.2) is 9.80 Å². The molecule has 1 aliphatic carbocycles. The average Bonchev–Trinajstić information content (AvgIpc) is 3.22. The number of benzene rings is 3. The molecular weight excluding hydrogens is 532 g/mol. The molecule has 5 rings (SSSR count). The van der Waals surface area contributed by atoms with Crippen molar-refractivity contribution in [2.75, 3.05) is 6.54 Å². The molecule has 1 saturated heterocycles. The van der Waals surface area contributed by atoms with Gasteiger partial charge in [0, 0.05) is 16.1 Å². The molecule has 0 bridgehead atoms. The number of ether oxygens (including phenoxy) is 1. The van der Waals surface area contributed by atoms with E-state index >= 15 is 0 Å². The molecule has 2 atom stereocenters. The predicted molar refractivity (Wildman–Crippen MR) is 147 cm³/mol. The van der Waals surface area contributed by atoms with Crippen LogP contribution in [0.15, 0.2) is 84.9 Å². The Morgan fingerprint density at radius 3 is 1.90 bits per heavy atom. The van der Waals surface area contributed by atoms with Crippen LogP contribution in [0.25, 0.3) is 0 Å². The Kier molecular flexibility index (Phi) is 7.62. The maximum Gasteiger partial charge on any atom is 0.343 e. The van der Waals surface area contributed by atoms with Crippen LogP contribution in [-0.4, -0.2) is 46.0 Å². The minimum atomic E-state index is -0.679. The first-order valence-electron chi connectivity index (χ1n) is 12.7. The highest BCUT2D eigenvalue weighted by atomic mass is 35.5. The van der Waals surface area contributed by atoms with Gasteiger partial charge in [0.1, 0.15) is 12.3 Å². The third-order valence-electron chi connectivity index (χ3n) is 7.02. The number of aryl methyl sites for hydroxylation is 1. The number of allylic oxidation sites excluding steroid dienone is 2. The summed E-state index contributed by atoms with van der Waals surface area (Å²) in [6.07, 6.45) is 4.48. The van der Waals surface area contributed by atoms with Crippen LogP contribution < -0.4 is 4.74 Å². The summed E-state index contributed by atoms with van der Waals surface area (Å²) >= 11 is 5.97. The Morgan fingerprint density at radius 2 is 1.32 bits per heavy atom. The molecule has 1 fully saturated rings. The SMILES string of the molecule is Cc1ccc(C(=O)Oc2ccc(C(=O)CN(C(=O)c3ccc(Cl)cc3)N3C(=O)[C@@H]4CC=CC[C@H]4C3=O)cc2)cc1. The fraction of sp³-hybridized carbons (Fsp3) is 0.194. The van der Waals surface area contributed by atoms with Gasteiger partial charge in [-0.15, -0.1) is 0 Å².